The molecule has 1 aromatic carbocycles. The summed E-state index contributed by atoms with van der Waals surface area (Å²) in [6.07, 6.45) is 0. The van der Waals surface area contributed by atoms with Crippen LogP contribution in [0.25, 0.3) is 0 Å². The molecule has 0 radical (unpaired) electrons. The quantitative estimate of drug-likeness (QED) is 0.381. The van der Waals surface area contributed by atoms with Crippen molar-refractivity contribution in [3.05, 3.63) is 29.1 Å². The number of halogens is 5. The average molecular weight is 264 g/mol. The molecule has 0 bridgehead atoms. The summed E-state index contributed by atoms with van der Waals surface area (Å²) in [5.74, 6) is -14.4. The molecule has 0 spiro atoms. The van der Waals surface area contributed by atoms with Gasteiger partial charge in [0.1, 0.15) is 0 Å². The summed E-state index contributed by atoms with van der Waals surface area (Å²) in [5.41, 5.74) is 0. The summed E-state index contributed by atoms with van der Waals surface area (Å²) >= 11 is 0. The fraction of sp³-hybridized carbons (Fsp3) is 0. The van der Waals surface area contributed by atoms with Crippen molar-refractivity contribution in [3.63, 3.8) is 0 Å². The lowest BCUT2D eigenvalue weighted by molar-refractivity contribution is 0.327. The van der Waals surface area contributed by atoms with E-state index in [1.807, 2.05) is 0 Å². The number of benzene rings is 1. The van der Waals surface area contributed by atoms with E-state index in [1.54, 1.807) is 0 Å². The molecule has 0 heterocycles. The van der Waals surface area contributed by atoms with Crippen molar-refractivity contribution in [1.29, 1.82) is 0 Å². The SMILES string of the molecule is O=S(=O)(O)Oc1c(F)c(F)c(F)c(F)c1F. The van der Waals surface area contributed by atoms with E-state index >= 15 is 0 Å². The van der Waals surface area contributed by atoms with E-state index in [-0.39, 0.29) is 0 Å². The molecule has 0 atom stereocenters. The third-order valence-corrected chi connectivity index (χ3v) is 1.74. The van der Waals surface area contributed by atoms with Gasteiger partial charge in [-0.1, -0.05) is 0 Å². The zero-order valence-electron chi connectivity index (χ0n) is 6.97. The zero-order valence-corrected chi connectivity index (χ0v) is 7.79. The van der Waals surface area contributed by atoms with Crippen LogP contribution in [0.4, 0.5) is 22.0 Å². The fourth-order valence-electron chi connectivity index (χ4n) is 0.763. The van der Waals surface area contributed by atoms with E-state index < -0.39 is 45.2 Å². The first-order valence-electron chi connectivity index (χ1n) is 3.33. The van der Waals surface area contributed by atoms with Crippen molar-refractivity contribution in [3.8, 4) is 5.75 Å². The molecule has 0 fully saturated rings. The smallest absolute Gasteiger partial charge is 0.355 e. The second-order valence-electron chi connectivity index (χ2n) is 2.41. The Balaban J connectivity index is 3.52. The van der Waals surface area contributed by atoms with Gasteiger partial charge in [-0.15, -0.1) is 0 Å². The highest BCUT2D eigenvalue weighted by Crippen LogP contribution is 2.29. The molecule has 4 nitrogen and oxygen atoms in total. The molecule has 1 N–H and O–H groups in total. The van der Waals surface area contributed by atoms with E-state index in [0.29, 0.717) is 0 Å². The van der Waals surface area contributed by atoms with Gasteiger partial charge in [0.15, 0.2) is 0 Å². The van der Waals surface area contributed by atoms with Gasteiger partial charge < -0.3 is 4.18 Å². The van der Waals surface area contributed by atoms with Crippen LogP contribution in [0.1, 0.15) is 0 Å². The monoisotopic (exact) mass is 264 g/mol. The van der Waals surface area contributed by atoms with Gasteiger partial charge in [0, 0.05) is 0 Å². The van der Waals surface area contributed by atoms with E-state index in [1.165, 1.54) is 0 Å². The van der Waals surface area contributed by atoms with Gasteiger partial charge in [-0.2, -0.15) is 17.2 Å². The minimum Gasteiger partial charge on any atom is -0.355 e. The number of hydrogen-bond donors (Lipinski definition) is 1. The van der Waals surface area contributed by atoms with Crippen molar-refractivity contribution in [2.45, 2.75) is 0 Å². The molecule has 10 heteroatoms. The highest BCUT2D eigenvalue weighted by atomic mass is 32.3. The first-order valence-corrected chi connectivity index (χ1v) is 4.70. The summed E-state index contributed by atoms with van der Waals surface area (Å²) in [5, 5.41) is 0. The average Bonchev–Trinajstić information content (AvgIpc) is 2.17. The Morgan fingerprint density at radius 3 is 1.44 bits per heavy atom. The lowest BCUT2D eigenvalue weighted by atomic mass is 10.3. The molecule has 90 valence electrons. The van der Waals surface area contributed by atoms with Gasteiger partial charge in [0.05, 0.1) is 0 Å². The Morgan fingerprint density at radius 1 is 0.812 bits per heavy atom. The van der Waals surface area contributed by atoms with Gasteiger partial charge in [-0.25, -0.2) is 13.2 Å². The second kappa shape index (κ2) is 3.87. The molecule has 0 aromatic heterocycles. The maximum atomic E-state index is 12.7. The lowest BCUT2D eigenvalue weighted by Gasteiger charge is -2.06. The van der Waals surface area contributed by atoms with Gasteiger partial charge in [0.2, 0.25) is 34.8 Å². The summed E-state index contributed by atoms with van der Waals surface area (Å²) in [7, 11) is -5.40. The Bertz CT molecular complexity index is 511. The fourth-order valence-corrected chi connectivity index (χ4v) is 1.12. The summed E-state index contributed by atoms with van der Waals surface area (Å²) in [6, 6.07) is 0. The Hall–Kier alpha value is -1.42. The Labute approximate surface area is 85.2 Å². The minimum atomic E-state index is -5.40. The molecule has 0 aliphatic heterocycles. The van der Waals surface area contributed by atoms with Crippen molar-refractivity contribution < 1.29 is 39.1 Å². The van der Waals surface area contributed by atoms with Gasteiger partial charge in [0.25, 0.3) is 0 Å². The minimum absolute atomic E-state index is 2.10. The van der Waals surface area contributed by atoms with E-state index in [2.05, 4.69) is 4.18 Å². The van der Waals surface area contributed by atoms with Crippen LogP contribution in [-0.4, -0.2) is 13.0 Å². The van der Waals surface area contributed by atoms with E-state index in [9.17, 15) is 30.4 Å². The molecule has 0 aliphatic rings. The lowest BCUT2D eigenvalue weighted by Crippen LogP contribution is -2.12. The van der Waals surface area contributed by atoms with Crippen LogP contribution >= 0.6 is 0 Å². The second-order valence-corrected chi connectivity index (χ2v) is 3.43. The van der Waals surface area contributed by atoms with Crippen LogP contribution in [0.2, 0.25) is 0 Å². The molecule has 0 aliphatic carbocycles. The highest BCUT2D eigenvalue weighted by molar-refractivity contribution is 7.81. The first kappa shape index (κ1) is 12.6. The molecular weight excluding hydrogens is 263 g/mol. The first-order chi connectivity index (χ1) is 7.15. The third kappa shape index (κ3) is 2.22. The maximum Gasteiger partial charge on any atom is 0.446 e. The maximum absolute atomic E-state index is 12.7. The van der Waals surface area contributed by atoms with Crippen molar-refractivity contribution in [1.82, 2.24) is 0 Å². The normalized spacial score (nSPS) is 11.6. The van der Waals surface area contributed by atoms with Crippen molar-refractivity contribution in [2.24, 2.45) is 0 Å². The summed E-state index contributed by atoms with van der Waals surface area (Å²) in [4.78, 5) is 0. The predicted octanol–water partition coefficient (Wildman–Crippen LogP) is 1.56. The summed E-state index contributed by atoms with van der Waals surface area (Å²) < 4.78 is 94.2. The Morgan fingerprint density at radius 2 is 1.12 bits per heavy atom. The van der Waals surface area contributed by atoms with Crippen LogP contribution in [0.3, 0.4) is 0 Å². The van der Waals surface area contributed by atoms with Crippen LogP contribution < -0.4 is 4.18 Å². The zero-order chi connectivity index (χ0) is 12.7. The molecule has 0 amide bonds. The topological polar surface area (TPSA) is 63.6 Å². The molecule has 0 saturated heterocycles. The largest absolute Gasteiger partial charge is 0.446 e. The van der Waals surface area contributed by atoms with E-state index in [0.717, 1.165) is 0 Å². The van der Waals surface area contributed by atoms with E-state index in [4.69, 9.17) is 4.55 Å². The van der Waals surface area contributed by atoms with Crippen LogP contribution in [-0.2, 0) is 10.4 Å². The third-order valence-electron chi connectivity index (χ3n) is 1.36. The molecule has 0 unspecified atom stereocenters. The van der Waals surface area contributed by atoms with Crippen LogP contribution in [0, 0.1) is 29.1 Å². The molecule has 0 saturated carbocycles. The van der Waals surface area contributed by atoms with Crippen LogP contribution in [0.5, 0.6) is 5.75 Å². The highest BCUT2D eigenvalue weighted by Gasteiger charge is 2.29. The number of hydrogen-bond acceptors (Lipinski definition) is 3. The molecule has 16 heavy (non-hydrogen) atoms. The van der Waals surface area contributed by atoms with Gasteiger partial charge >= 0.3 is 10.4 Å². The van der Waals surface area contributed by atoms with Crippen molar-refractivity contribution >= 4 is 10.4 Å². The number of rotatable bonds is 2. The van der Waals surface area contributed by atoms with Crippen molar-refractivity contribution in [2.75, 3.05) is 0 Å². The predicted molar refractivity (Wildman–Crippen MR) is 38.4 cm³/mol. The van der Waals surface area contributed by atoms with Gasteiger partial charge in [-0.05, 0) is 0 Å². The molecule has 1 aromatic rings. The summed E-state index contributed by atoms with van der Waals surface area (Å²) in [6.45, 7) is 0. The Kier molecular flexibility index (Phi) is 3.06. The van der Waals surface area contributed by atoms with Crippen LogP contribution in [0.15, 0.2) is 0 Å². The molecular formula is C6HF5O4S. The molecule has 1 rings (SSSR count). The standard InChI is InChI=1S/C6HF5O4S/c7-1-2(8)4(10)6(5(11)3(1)9)15-16(12,13)14/h(H,12,13,14). The van der Waals surface area contributed by atoms with Gasteiger partial charge in [-0.3, -0.25) is 4.55 Å².